The van der Waals surface area contributed by atoms with E-state index in [1.807, 2.05) is 6.08 Å². The summed E-state index contributed by atoms with van der Waals surface area (Å²) in [5, 5.41) is 3.34. The van der Waals surface area contributed by atoms with Gasteiger partial charge in [-0.25, -0.2) is 0 Å². The lowest BCUT2D eigenvalue weighted by atomic mass is 10.2. The summed E-state index contributed by atoms with van der Waals surface area (Å²) in [4.78, 5) is 0. The van der Waals surface area contributed by atoms with Gasteiger partial charge in [-0.2, -0.15) is 0 Å². The number of rotatable bonds is 4. The molecule has 1 nitrogen and oxygen atoms in total. The van der Waals surface area contributed by atoms with Crippen LogP contribution in [0.4, 0.5) is 0 Å². The molecule has 0 unspecified atom stereocenters. The molecule has 0 aliphatic rings. The van der Waals surface area contributed by atoms with Gasteiger partial charge in [0.25, 0.3) is 0 Å². The lowest BCUT2D eigenvalue weighted by molar-refractivity contribution is 0.650. The molecule has 0 aliphatic carbocycles. The summed E-state index contributed by atoms with van der Waals surface area (Å²) in [6.07, 6.45) is 2.82. The molecule has 0 rings (SSSR count). The first kappa shape index (κ1) is 10.8. The van der Waals surface area contributed by atoms with Crippen LogP contribution in [0.2, 0.25) is 0 Å². The van der Waals surface area contributed by atoms with Crippen molar-refractivity contribution in [2.75, 3.05) is 0 Å². The van der Waals surface area contributed by atoms with Gasteiger partial charge >= 0.3 is 0 Å². The lowest BCUT2D eigenvalue weighted by Crippen LogP contribution is -2.22. The maximum atomic E-state index is 3.69. The quantitative estimate of drug-likeness (QED) is 0.714. The Bertz CT molecular complexity index is 159. The third-order valence-electron chi connectivity index (χ3n) is 1.28. The molecule has 2 heteroatoms. The number of halogens is 1. The molecule has 64 valence electrons. The first-order valence-corrected chi connectivity index (χ1v) is 4.68. The SMILES string of the molecule is C=C/C(Br)=C(\CC)NC(C)C. The van der Waals surface area contributed by atoms with E-state index in [2.05, 4.69) is 48.6 Å². The highest BCUT2D eigenvalue weighted by molar-refractivity contribution is 9.11. The van der Waals surface area contributed by atoms with E-state index in [4.69, 9.17) is 0 Å². The van der Waals surface area contributed by atoms with Gasteiger partial charge in [-0.1, -0.05) is 19.6 Å². The van der Waals surface area contributed by atoms with Crippen LogP contribution in [0.1, 0.15) is 27.2 Å². The molecular formula is C9H16BrN. The Morgan fingerprint density at radius 2 is 2.18 bits per heavy atom. The van der Waals surface area contributed by atoms with Crippen molar-refractivity contribution in [3.8, 4) is 0 Å². The second kappa shape index (κ2) is 5.42. The molecule has 0 aromatic rings. The molecule has 0 radical (unpaired) electrons. The maximum Gasteiger partial charge on any atom is 0.0358 e. The summed E-state index contributed by atoms with van der Waals surface area (Å²) in [5.74, 6) is 0. The maximum absolute atomic E-state index is 3.69. The largest absolute Gasteiger partial charge is 0.385 e. The van der Waals surface area contributed by atoms with Crippen molar-refractivity contribution in [3.05, 3.63) is 22.8 Å². The monoisotopic (exact) mass is 217 g/mol. The van der Waals surface area contributed by atoms with Crippen LogP contribution in [0.5, 0.6) is 0 Å². The van der Waals surface area contributed by atoms with Gasteiger partial charge in [0.15, 0.2) is 0 Å². The van der Waals surface area contributed by atoms with Crippen molar-refractivity contribution in [2.45, 2.75) is 33.2 Å². The molecule has 0 saturated carbocycles. The highest BCUT2D eigenvalue weighted by atomic mass is 79.9. The standard InChI is InChI=1S/C9H16BrN/c1-5-8(10)9(6-2)11-7(3)4/h5,7,11H,1,6H2,2-4H3/b9-8-. The van der Waals surface area contributed by atoms with Gasteiger partial charge in [-0.15, -0.1) is 0 Å². The Morgan fingerprint density at radius 1 is 1.64 bits per heavy atom. The van der Waals surface area contributed by atoms with Gasteiger partial charge < -0.3 is 5.32 Å². The minimum Gasteiger partial charge on any atom is -0.385 e. The van der Waals surface area contributed by atoms with E-state index in [0.29, 0.717) is 6.04 Å². The molecular weight excluding hydrogens is 202 g/mol. The van der Waals surface area contributed by atoms with Crippen LogP contribution in [0.3, 0.4) is 0 Å². The molecule has 0 amide bonds. The molecule has 0 heterocycles. The van der Waals surface area contributed by atoms with Crippen LogP contribution in [0.25, 0.3) is 0 Å². The zero-order valence-electron chi connectivity index (χ0n) is 7.45. The molecule has 0 atom stereocenters. The van der Waals surface area contributed by atoms with Crippen molar-refractivity contribution >= 4 is 15.9 Å². The molecule has 0 fully saturated rings. The van der Waals surface area contributed by atoms with Gasteiger partial charge in [0.2, 0.25) is 0 Å². The van der Waals surface area contributed by atoms with Gasteiger partial charge in [-0.05, 0) is 36.2 Å². The average molecular weight is 218 g/mol. The molecule has 0 spiro atoms. The second-order valence-corrected chi connectivity index (χ2v) is 3.54. The van der Waals surface area contributed by atoms with E-state index < -0.39 is 0 Å². The topological polar surface area (TPSA) is 12.0 Å². The number of nitrogens with one attached hydrogen (secondary N) is 1. The van der Waals surface area contributed by atoms with E-state index in [1.54, 1.807) is 0 Å². The lowest BCUT2D eigenvalue weighted by Gasteiger charge is -2.13. The van der Waals surface area contributed by atoms with Crippen LogP contribution in [-0.2, 0) is 0 Å². The second-order valence-electron chi connectivity index (χ2n) is 2.68. The predicted molar refractivity (Wildman–Crippen MR) is 54.7 cm³/mol. The minimum absolute atomic E-state index is 0.484. The Morgan fingerprint density at radius 3 is 2.45 bits per heavy atom. The van der Waals surface area contributed by atoms with Crippen molar-refractivity contribution in [2.24, 2.45) is 0 Å². The summed E-state index contributed by atoms with van der Waals surface area (Å²) in [5.41, 5.74) is 1.22. The Balaban J connectivity index is 4.26. The highest BCUT2D eigenvalue weighted by Crippen LogP contribution is 2.13. The van der Waals surface area contributed by atoms with E-state index in [1.165, 1.54) is 5.70 Å². The summed E-state index contributed by atoms with van der Waals surface area (Å²) < 4.78 is 1.06. The van der Waals surface area contributed by atoms with E-state index >= 15 is 0 Å². The van der Waals surface area contributed by atoms with Crippen LogP contribution < -0.4 is 5.32 Å². The van der Waals surface area contributed by atoms with E-state index in [0.717, 1.165) is 10.9 Å². The van der Waals surface area contributed by atoms with E-state index in [9.17, 15) is 0 Å². The fourth-order valence-corrected chi connectivity index (χ4v) is 1.21. The number of hydrogen-bond donors (Lipinski definition) is 1. The zero-order chi connectivity index (χ0) is 8.85. The Labute approximate surface area is 77.7 Å². The number of hydrogen-bond acceptors (Lipinski definition) is 1. The summed E-state index contributed by atoms with van der Waals surface area (Å²) >= 11 is 3.43. The molecule has 0 bridgehead atoms. The van der Waals surface area contributed by atoms with Gasteiger partial charge in [-0.3, -0.25) is 0 Å². The van der Waals surface area contributed by atoms with Gasteiger partial charge in [0.05, 0.1) is 0 Å². The Hall–Kier alpha value is -0.240. The minimum atomic E-state index is 0.484. The van der Waals surface area contributed by atoms with Crippen molar-refractivity contribution in [3.63, 3.8) is 0 Å². The van der Waals surface area contributed by atoms with Crippen LogP contribution in [-0.4, -0.2) is 6.04 Å². The van der Waals surface area contributed by atoms with Crippen LogP contribution in [0.15, 0.2) is 22.8 Å². The first-order valence-electron chi connectivity index (χ1n) is 3.89. The number of allylic oxidation sites excluding steroid dienone is 3. The zero-order valence-corrected chi connectivity index (χ0v) is 9.03. The molecule has 1 N–H and O–H groups in total. The third-order valence-corrected chi connectivity index (χ3v) is 2.09. The molecule has 0 aromatic carbocycles. The van der Waals surface area contributed by atoms with E-state index in [-0.39, 0.29) is 0 Å². The van der Waals surface area contributed by atoms with Crippen LogP contribution in [0, 0.1) is 0 Å². The summed E-state index contributed by atoms with van der Waals surface area (Å²) in [6.45, 7) is 10.1. The summed E-state index contributed by atoms with van der Waals surface area (Å²) in [7, 11) is 0. The Kier molecular flexibility index (Phi) is 5.30. The van der Waals surface area contributed by atoms with Crippen LogP contribution >= 0.6 is 15.9 Å². The van der Waals surface area contributed by atoms with Gasteiger partial charge in [0.1, 0.15) is 0 Å². The fourth-order valence-electron chi connectivity index (χ4n) is 0.812. The normalized spacial score (nSPS) is 12.8. The fraction of sp³-hybridized carbons (Fsp3) is 0.556. The smallest absolute Gasteiger partial charge is 0.0358 e. The average Bonchev–Trinajstić information content (AvgIpc) is 1.98. The van der Waals surface area contributed by atoms with Crippen molar-refractivity contribution < 1.29 is 0 Å². The predicted octanol–water partition coefficient (Wildman–Crippen LogP) is 3.19. The highest BCUT2D eigenvalue weighted by Gasteiger charge is 1.99. The third kappa shape index (κ3) is 4.25. The molecule has 0 saturated heterocycles. The molecule has 11 heavy (non-hydrogen) atoms. The van der Waals surface area contributed by atoms with Crippen molar-refractivity contribution in [1.29, 1.82) is 0 Å². The molecule has 0 aromatic heterocycles. The molecule has 0 aliphatic heterocycles. The van der Waals surface area contributed by atoms with Crippen molar-refractivity contribution in [1.82, 2.24) is 5.32 Å². The summed E-state index contributed by atoms with van der Waals surface area (Å²) in [6, 6.07) is 0.484. The first-order chi connectivity index (χ1) is 5.11. The van der Waals surface area contributed by atoms with Gasteiger partial charge in [0, 0.05) is 16.2 Å².